The van der Waals surface area contributed by atoms with E-state index in [1.54, 1.807) is 0 Å². The largest absolute Gasteiger partial charge is 0.462 e. The molecule has 0 aromatic heterocycles. The van der Waals surface area contributed by atoms with E-state index >= 15 is 0 Å². The molecule has 0 aliphatic rings. The summed E-state index contributed by atoms with van der Waals surface area (Å²) >= 11 is 0. The van der Waals surface area contributed by atoms with E-state index in [1.165, 1.54) is 25.7 Å². The van der Waals surface area contributed by atoms with Crippen LogP contribution in [0.1, 0.15) is 252 Å². The zero-order valence-electron chi connectivity index (χ0n) is 50.6. The van der Waals surface area contributed by atoms with Gasteiger partial charge in [0.1, 0.15) is 13.2 Å². The van der Waals surface area contributed by atoms with Gasteiger partial charge in [0.05, 0.1) is 0 Å². The molecule has 0 spiro atoms. The van der Waals surface area contributed by atoms with E-state index in [9.17, 15) is 14.4 Å². The molecule has 0 heterocycles. The monoisotopic (exact) mass is 1090 g/mol. The first-order valence-electron chi connectivity index (χ1n) is 31.6. The number of carbonyl (C=O) groups is 3. The summed E-state index contributed by atoms with van der Waals surface area (Å²) in [5.41, 5.74) is 0. The maximum absolute atomic E-state index is 12.9. The fraction of sp³-hybridized carbons (Fsp3) is 0.575. The maximum Gasteiger partial charge on any atom is 0.306 e. The smallest absolute Gasteiger partial charge is 0.306 e. The van der Waals surface area contributed by atoms with Gasteiger partial charge in [0.25, 0.3) is 0 Å². The quantitative estimate of drug-likeness (QED) is 0.0261. The van der Waals surface area contributed by atoms with Crippen molar-refractivity contribution < 1.29 is 28.6 Å². The van der Waals surface area contributed by atoms with Crippen LogP contribution in [0.15, 0.2) is 170 Å². The van der Waals surface area contributed by atoms with Crippen LogP contribution in [0.5, 0.6) is 0 Å². The van der Waals surface area contributed by atoms with Crippen molar-refractivity contribution in [2.24, 2.45) is 0 Å². The summed E-state index contributed by atoms with van der Waals surface area (Å²) in [6, 6.07) is 0. The predicted octanol–water partition coefficient (Wildman–Crippen LogP) is 21.9. The average Bonchev–Trinajstić information content (AvgIpc) is 3.45. The Hall–Kier alpha value is -5.23. The molecule has 0 rings (SSSR count). The van der Waals surface area contributed by atoms with Gasteiger partial charge in [-0.1, -0.05) is 255 Å². The van der Waals surface area contributed by atoms with Gasteiger partial charge in [0.15, 0.2) is 6.10 Å². The molecule has 79 heavy (non-hydrogen) atoms. The van der Waals surface area contributed by atoms with Crippen molar-refractivity contribution in [1.29, 1.82) is 0 Å². The number of rotatable bonds is 55. The summed E-state index contributed by atoms with van der Waals surface area (Å²) in [4.78, 5) is 38.3. The summed E-state index contributed by atoms with van der Waals surface area (Å²) in [5.74, 6) is -0.966. The van der Waals surface area contributed by atoms with Gasteiger partial charge in [-0.3, -0.25) is 14.4 Å². The third-order valence-corrected chi connectivity index (χ3v) is 12.7. The zero-order chi connectivity index (χ0) is 57.1. The number of carbonyl (C=O) groups excluding carboxylic acids is 3. The Morgan fingerprint density at radius 3 is 0.709 bits per heavy atom. The van der Waals surface area contributed by atoms with Crippen LogP contribution in [-0.4, -0.2) is 37.2 Å². The van der Waals surface area contributed by atoms with Gasteiger partial charge >= 0.3 is 17.9 Å². The number of hydrogen-bond donors (Lipinski definition) is 0. The number of unbranched alkanes of at least 4 members (excludes halogenated alkanes) is 16. The van der Waals surface area contributed by atoms with E-state index in [0.717, 1.165) is 186 Å². The van der Waals surface area contributed by atoms with Gasteiger partial charge < -0.3 is 14.2 Å². The Morgan fingerprint density at radius 2 is 0.456 bits per heavy atom. The summed E-state index contributed by atoms with van der Waals surface area (Å²) in [6.45, 7) is 6.25. The Labute approximate surface area is 485 Å². The molecule has 0 aromatic carbocycles. The van der Waals surface area contributed by atoms with E-state index in [1.807, 2.05) is 0 Å². The standard InChI is InChI=1S/C73H114O6/c1-4-7-10-13-16-19-22-25-28-31-32-33-34-35-36-37-38-39-40-43-45-48-51-54-57-60-63-66-72(75)78-69-70(79-73(76)67-64-61-58-55-52-49-46-42-30-27-24-21-18-15-12-9-6-3)68-77-71(74)65-62-59-56-53-50-47-44-41-29-26-23-20-17-14-11-8-5-2/h7-12,16-21,25-30,32-33,35-36,38-39,43,45-46,49,70H,4-6,13-15,22-24,31,34,37,40-42,44,47-48,50-69H2,1-3H3/b10-7-,11-8-,12-9-,19-16-,20-17-,21-18-,28-25-,29-26-,30-27-,33-32-,36-35-,39-38-,45-43-,49-46-. The van der Waals surface area contributed by atoms with E-state index in [4.69, 9.17) is 14.2 Å². The lowest BCUT2D eigenvalue weighted by Gasteiger charge is -2.18. The average molecular weight is 1090 g/mol. The van der Waals surface area contributed by atoms with Crippen LogP contribution in [-0.2, 0) is 28.6 Å². The first-order valence-corrected chi connectivity index (χ1v) is 31.6. The molecule has 0 fully saturated rings. The fourth-order valence-corrected chi connectivity index (χ4v) is 8.07. The molecule has 6 heteroatoms. The molecule has 6 nitrogen and oxygen atoms in total. The van der Waals surface area contributed by atoms with Crippen molar-refractivity contribution >= 4 is 17.9 Å². The molecule has 0 saturated carbocycles. The van der Waals surface area contributed by atoms with E-state index in [2.05, 4.69) is 191 Å². The Bertz CT molecular complexity index is 1820. The maximum atomic E-state index is 12.9. The van der Waals surface area contributed by atoms with Crippen molar-refractivity contribution in [2.45, 2.75) is 258 Å². The Balaban J connectivity index is 4.48. The highest BCUT2D eigenvalue weighted by Crippen LogP contribution is 2.14. The van der Waals surface area contributed by atoms with Crippen LogP contribution >= 0.6 is 0 Å². The van der Waals surface area contributed by atoms with E-state index < -0.39 is 6.10 Å². The van der Waals surface area contributed by atoms with E-state index in [-0.39, 0.29) is 37.5 Å². The first-order chi connectivity index (χ1) is 39.0. The lowest BCUT2D eigenvalue weighted by molar-refractivity contribution is -0.167. The SMILES string of the molecule is CC/C=C\C/C=C\C/C=C\C/C=C\C/C=C\C/C=C\C/C=C\CCCCCCCC(=O)OCC(COC(=O)CCCCCCCCC/C=C\C/C=C\C/C=C\CC)OC(=O)CCCCCC/C=C\C/C=C\C/C=C\C/C=C\CC. The molecular weight excluding hydrogens is 973 g/mol. The van der Waals surface area contributed by atoms with Gasteiger partial charge in [0, 0.05) is 19.3 Å². The highest BCUT2D eigenvalue weighted by molar-refractivity contribution is 5.71. The van der Waals surface area contributed by atoms with Crippen molar-refractivity contribution in [3.05, 3.63) is 170 Å². The lowest BCUT2D eigenvalue weighted by Crippen LogP contribution is -2.30. The van der Waals surface area contributed by atoms with Crippen molar-refractivity contribution in [1.82, 2.24) is 0 Å². The summed E-state index contributed by atoms with van der Waals surface area (Å²) in [7, 11) is 0. The van der Waals surface area contributed by atoms with Crippen LogP contribution in [0.4, 0.5) is 0 Å². The third-order valence-electron chi connectivity index (χ3n) is 12.7. The minimum Gasteiger partial charge on any atom is -0.462 e. The number of allylic oxidation sites excluding steroid dienone is 28. The van der Waals surface area contributed by atoms with Crippen molar-refractivity contribution in [2.75, 3.05) is 13.2 Å². The molecule has 0 amide bonds. The van der Waals surface area contributed by atoms with Gasteiger partial charge in [-0.25, -0.2) is 0 Å². The van der Waals surface area contributed by atoms with E-state index in [0.29, 0.717) is 12.8 Å². The molecule has 0 N–H and O–H groups in total. The van der Waals surface area contributed by atoms with Crippen molar-refractivity contribution in [3.63, 3.8) is 0 Å². The Kier molecular flexibility index (Phi) is 61.0. The Morgan fingerprint density at radius 1 is 0.253 bits per heavy atom. The van der Waals surface area contributed by atoms with Crippen LogP contribution < -0.4 is 0 Å². The third kappa shape index (κ3) is 63.5. The molecule has 0 aromatic rings. The second-order valence-corrected chi connectivity index (χ2v) is 20.2. The molecule has 0 bridgehead atoms. The summed E-state index contributed by atoms with van der Waals surface area (Å²) < 4.78 is 16.9. The number of hydrogen-bond acceptors (Lipinski definition) is 6. The fourth-order valence-electron chi connectivity index (χ4n) is 8.07. The minimum atomic E-state index is -0.815. The normalized spacial score (nSPS) is 13.3. The summed E-state index contributed by atoms with van der Waals surface area (Å²) in [6.07, 6.45) is 96.3. The van der Waals surface area contributed by atoms with Gasteiger partial charge in [-0.05, 0) is 148 Å². The van der Waals surface area contributed by atoms with Crippen LogP contribution in [0.25, 0.3) is 0 Å². The van der Waals surface area contributed by atoms with Crippen LogP contribution in [0, 0.1) is 0 Å². The topological polar surface area (TPSA) is 78.9 Å². The van der Waals surface area contributed by atoms with Gasteiger partial charge in [-0.15, -0.1) is 0 Å². The van der Waals surface area contributed by atoms with Crippen LogP contribution in [0.2, 0.25) is 0 Å². The molecule has 0 radical (unpaired) electrons. The molecule has 1 atom stereocenters. The minimum absolute atomic E-state index is 0.108. The number of esters is 3. The molecule has 0 aliphatic heterocycles. The second-order valence-electron chi connectivity index (χ2n) is 20.2. The highest BCUT2D eigenvalue weighted by atomic mass is 16.6. The van der Waals surface area contributed by atoms with Gasteiger partial charge in [0.2, 0.25) is 0 Å². The predicted molar refractivity (Wildman–Crippen MR) is 343 cm³/mol. The zero-order valence-corrected chi connectivity index (χ0v) is 50.6. The molecule has 0 aliphatic carbocycles. The lowest BCUT2D eigenvalue weighted by atomic mass is 10.1. The molecule has 442 valence electrons. The highest BCUT2D eigenvalue weighted by Gasteiger charge is 2.19. The summed E-state index contributed by atoms with van der Waals surface area (Å²) in [5, 5.41) is 0. The molecule has 0 saturated heterocycles. The molecular formula is C73H114O6. The molecule has 1 unspecified atom stereocenters. The first kappa shape index (κ1) is 73.8. The second kappa shape index (κ2) is 65.3. The van der Waals surface area contributed by atoms with Gasteiger partial charge in [-0.2, -0.15) is 0 Å². The van der Waals surface area contributed by atoms with Crippen LogP contribution in [0.3, 0.4) is 0 Å². The van der Waals surface area contributed by atoms with Crippen molar-refractivity contribution in [3.8, 4) is 0 Å². The number of ether oxygens (including phenoxy) is 3.